The maximum atomic E-state index is 12.4. The minimum absolute atomic E-state index is 0.0197. The Bertz CT molecular complexity index is 950. The number of fused-ring (bicyclic) bond motifs is 1. The molecule has 1 aliphatic rings. The molecule has 3 aromatic rings. The van der Waals surface area contributed by atoms with Crippen LogP contribution in [-0.2, 0) is 4.79 Å². The quantitative estimate of drug-likeness (QED) is 0.663. The van der Waals surface area contributed by atoms with E-state index in [1.165, 1.54) is 5.56 Å². The van der Waals surface area contributed by atoms with Crippen molar-refractivity contribution in [2.75, 3.05) is 37.7 Å². The molecule has 1 aliphatic heterocycles. The molecule has 0 bridgehead atoms. The molecule has 0 N–H and O–H groups in total. The molecule has 1 aromatic heterocycles. The van der Waals surface area contributed by atoms with Crippen LogP contribution < -0.4 is 9.64 Å². The average Bonchev–Trinajstić information content (AvgIpc) is 3.10. The number of thiazole rings is 1. The van der Waals surface area contributed by atoms with Crippen molar-refractivity contribution in [2.45, 2.75) is 6.92 Å². The highest BCUT2D eigenvalue weighted by atomic mass is 35.5. The highest BCUT2D eigenvalue weighted by Gasteiger charge is 2.23. The molecule has 1 saturated heterocycles. The van der Waals surface area contributed by atoms with E-state index in [1.807, 2.05) is 54.3 Å². The number of benzene rings is 2. The van der Waals surface area contributed by atoms with E-state index >= 15 is 0 Å². The lowest BCUT2D eigenvalue weighted by Gasteiger charge is -2.34. The number of ether oxygens (including phenoxy) is 1. The van der Waals surface area contributed by atoms with Gasteiger partial charge >= 0.3 is 0 Å². The Hall–Kier alpha value is -2.31. The fraction of sp³-hybridized carbons (Fsp3) is 0.300. The van der Waals surface area contributed by atoms with Gasteiger partial charge in [0.2, 0.25) is 0 Å². The molecule has 4 rings (SSSR count). The summed E-state index contributed by atoms with van der Waals surface area (Å²) in [4.78, 5) is 21.2. The van der Waals surface area contributed by atoms with Gasteiger partial charge in [0.15, 0.2) is 11.7 Å². The summed E-state index contributed by atoms with van der Waals surface area (Å²) in [6.07, 6.45) is 0. The molecule has 5 nitrogen and oxygen atoms in total. The molecule has 2 heterocycles. The lowest BCUT2D eigenvalue weighted by atomic mass is 10.2. The summed E-state index contributed by atoms with van der Waals surface area (Å²) >= 11 is 7.70. The Morgan fingerprint density at radius 2 is 1.89 bits per heavy atom. The standard InChI is InChI=1S/C20H20ClN3O2S/c1-14-2-5-16(6-3-14)26-13-19(25)23-8-10-24(11-9-23)20-22-17-7-4-15(21)12-18(17)27-20/h2-7,12H,8-11,13H2,1H3. The molecule has 0 radical (unpaired) electrons. The van der Waals surface area contributed by atoms with E-state index in [2.05, 4.69) is 9.88 Å². The smallest absolute Gasteiger partial charge is 0.260 e. The zero-order valence-electron chi connectivity index (χ0n) is 15.0. The second-order valence-electron chi connectivity index (χ2n) is 6.58. The molecule has 0 spiro atoms. The number of hydrogen-bond donors (Lipinski definition) is 0. The lowest BCUT2D eigenvalue weighted by Crippen LogP contribution is -2.50. The monoisotopic (exact) mass is 401 g/mol. The van der Waals surface area contributed by atoms with E-state index < -0.39 is 0 Å². The first kappa shape index (κ1) is 18.1. The normalized spacial score (nSPS) is 14.6. The Morgan fingerprint density at radius 1 is 1.15 bits per heavy atom. The van der Waals surface area contributed by atoms with Crippen LogP contribution in [0.25, 0.3) is 10.2 Å². The number of rotatable bonds is 4. The molecule has 0 unspecified atom stereocenters. The largest absolute Gasteiger partial charge is 0.484 e. The van der Waals surface area contributed by atoms with Crippen LogP contribution in [-0.4, -0.2) is 48.6 Å². The van der Waals surface area contributed by atoms with Crippen LogP contribution in [0.3, 0.4) is 0 Å². The zero-order chi connectivity index (χ0) is 18.8. The first-order chi connectivity index (χ1) is 13.1. The third-order valence-corrected chi connectivity index (χ3v) is 5.94. The molecule has 0 saturated carbocycles. The number of nitrogens with zero attached hydrogens (tertiary/aromatic N) is 3. The number of carbonyl (C=O) groups is 1. The molecule has 1 amide bonds. The van der Waals surface area contributed by atoms with E-state index in [4.69, 9.17) is 16.3 Å². The van der Waals surface area contributed by atoms with Gasteiger partial charge in [-0.25, -0.2) is 4.98 Å². The van der Waals surface area contributed by atoms with Crippen molar-refractivity contribution in [3.63, 3.8) is 0 Å². The van der Waals surface area contributed by atoms with Crippen molar-refractivity contribution in [3.05, 3.63) is 53.1 Å². The van der Waals surface area contributed by atoms with Gasteiger partial charge in [-0.05, 0) is 37.3 Å². The highest BCUT2D eigenvalue weighted by molar-refractivity contribution is 7.22. The first-order valence-electron chi connectivity index (χ1n) is 8.87. The van der Waals surface area contributed by atoms with Gasteiger partial charge in [-0.3, -0.25) is 4.79 Å². The van der Waals surface area contributed by atoms with E-state index in [0.717, 1.165) is 39.2 Å². The van der Waals surface area contributed by atoms with Crippen molar-refractivity contribution in [1.29, 1.82) is 0 Å². The predicted molar refractivity (Wildman–Crippen MR) is 110 cm³/mol. The van der Waals surface area contributed by atoms with Crippen molar-refractivity contribution >= 4 is 44.2 Å². The molecule has 2 aromatic carbocycles. The molecule has 0 atom stereocenters. The van der Waals surface area contributed by atoms with Gasteiger partial charge < -0.3 is 14.5 Å². The van der Waals surface area contributed by atoms with Gasteiger partial charge in [0.25, 0.3) is 5.91 Å². The van der Waals surface area contributed by atoms with E-state index in [-0.39, 0.29) is 12.5 Å². The molecule has 140 valence electrons. The van der Waals surface area contributed by atoms with Crippen LogP contribution in [0, 0.1) is 6.92 Å². The second kappa shape index (κ2) is 7.74. The van der Waals surface area contributed by atoms with Crippen LogP contribution in [0.4, 0.5) is 5.13 Å². The van der Waals surface area contributed by atoms with Crippen LogP contribution in [0.5, 0.6) is 5.75 Å². The van der Waals surface area contributed by atoms with Crippen molar-refractivity contribution in [3.8, 4) is 5.75 Å². The van der Waals surface area contributed by atoms with Gasteiger partial charge in [0.1, 0.15) is 5.75 Å². The summed E-state index contributed by atoms with van der Waals surface area (Å²) in [6.45, 7) is 4.98. The van der Waals surface area contributed by atoms with Gasteiger partial charge in [-0.1, -0.05) is 40.6 Å². The lowest BCUT2D eigenvalue weighted by molar-refractivity contribution is -0.133. The van der Waals surface area contributed by atoms with Crippen molar-refractivity contribution < 1.29 is 9.53 Å². The molecule has 27 heavy (non-hydrogen) atoms. The van der Waals surface area contributed by atoms with Crippen LogP contribution in [0.1, 0.15) is 5.56 Å². The number of aromatic nitrogens is 1. The summed E-state index contributed by atoms with van der Waals surface area (Å²) in [7, 11) is 0. The summed E-state index contributed by atoms with van der Waals surface area (Å²) in [5.41, 5.74) is 2.13. The number of piperazine rings is 1. The van der Waals surface area contributed by atoms with Crippen molar-refractivity contribution in [2.24, 2.45) is 0 Å². The third-order valence-electron chi connectivity index (χ3n) is 4.63. The number of amides is 1. The van der Waals surface area contributed by atoms with Crippen LogP contribution >= 0.6 is 22.9 Å². The maximum Gasteiger partial charge on any atom is 0.260 e. The molecule has 7 heteroatoms. The Kier molecular flexibility index (Phi) is 5.18. The minimum Gasteiger partial charge on any atom is -0.484 e. The predicted octanol–water partition coefficient (Wildman–Crippen LogP) is 3.99. The van der Waals surface area contributed by atoms with E-state index in [1.54, 1.807) is 11.3 Å². The van der Waals surface area contributed by atoms with Gasteiger partial charge in [0, 0.05) is 31.2 Å². The van der Waals surface area contributed by atoms with Crippen LogP contribution in [0.2, 0.25) is 5.02 Å². The number of aryl methyl sites for hydroxylation is 1. The SMILES string of the molecule is Cc1ccc(OCC(=O)N2CCN(c3nc4ccc(Cl)cc4s3)CC2)cc1. The summed E-state index contributed by atoms with van der Waals surface area (Å²) in [5, 5.41) is 1.71. The fourth-order valence-electron chi connectivity index (χ4n) is 3.04. The number of carbonyl (C=O) groups excluding carboxylic acids is 1. The topological polar surface area (TPSA) is 45.7 Å². The number of hydrogen-bond acceptors (Lipinski definition) is 5. The molecular weight excluding hydrogens is 382 g/mol. The van der Waals surface area contributed by atoms with Crippen molar-refractivity contribution in [1.82, 2.24) is 9.88 Å². The summed E-state index contributed by atoms with van der Waals surface area (Å²) in [6, 6.07) is 13.5. The maximum absolute atomic E-state index is 12.4. The highest BCUT2D eigenvalue weighted by Crippen LogP contribution is 2.31. The van der Waals surface area contributed by atoms with Gasteiger partial charge in [-0.15, -0.1) is 0 Å². The molecule has 1 fully saturated rings. The fourth-order valence-corrected chi connectivity index (χ4v) is 4.33. The Morgan fingerprint density at radius 3 is 2.63 bits per heavy atom. The minimum atomic E-state index is 0.0197. The number of halogens is 1. The summed E-state index contributed by atoms with van der Waals surface area (Å²) < 4.78 is 6.70. The Balaban J connectivity index is 1.32. The molecular formula is C20H20ClN3O2S. The summed E-state index contributed by atoms with van der Waals surface area (Å²) in [5.74, 6) is 0.743. The molecule has 0 aliphatic carbocycles. The zero-order valence-corrected chi connectivity index (χ0v) is 16.6. The number of anilines is 1. The van der Waals surface area contributed by atoms with Gasteiger partial charge in [0.05, 0.1) is 10.2 Å². The third kappa shape index (κ3) is 4.17. The second-order valence-corrected chi connectivity index (χ2v) is 8.02. The Labute approximate surface area is 167 Å². The first-order valence-corrected chi connectivity index (χ1v) is 10.1. The van der Waals surface area contributed by atoms with Crippen LogP contribution in [0.15, 0.2) is 42.5 Å². The average molecular weight is 402 g/mol. The van der Waals surface area contributed by atoms with E-state index in [9.17, 15) is 4.79 Å². The van der Waals surface area contributed by atoms with Gasteiger partial charge in [-0.2, -0.15) is 0 Å². The van der Waals surface area contributed by atoms with E-state index in [0.29, 0.717) is 13.1 Å².